The van der Waals surface area contributed by atoms with Crippen LogP contribution >= 0.6 is 0 Å². The van der Waals surface area contributed by atoms with Crippen molar-refractivity contribution in [3.8, 4) is 0 Å². The summed E-state index contributed by atoms with van der Waals surface area (Å²) in [5, 5.41) is 2.18. The minimum atomic E-state index is -4.48. The summed E-state index contributed by atoms with van der Waals surface area (Å²) in [6.45, 7) is 0. The molecule has 0 aliphatic carbocycles. The molecular formula is C11H9F3N2O2. The first kappa shape index (κ1) is 13.8. The van der Waals surface area contributed by atoms with Crippen LogP contribution in [0.1, 0.15) is 5.56 Å². The molecule has 0 bridgehead atoms. The molecule has 0 atom stereocenters. The largest absolute Gasteiger partial charge is 0.416 e. The van der Waals surface area contributed by atoms with Gasteiger partial charge in [-0.1, -0.05) is 6.07 Å². The Hall–Kier alpha value is -2.31. The fourth-order valence-corrected chi connectivity index (χ4v) is 1.12. The lowest BCUT2D eigenvalue weighted by atomic mass is 10.2. The highest BCUT2D eigenvalue weighted by atomic mass is 19.4. The molecule has 0 heterocycles. The second-order valence-corrected chi connectivity index (χ2v) is 3.30. The molecule has 2 amide bonds. The molecular weight excluding hydrogens is 249 g/mol. The summed E-state index contributed by atoms with van der Waals surface area (Å²) in [5.74, 6) is -1.57. The van der Waals surface area contributed by atoms with E-state index in [-0.39, 0.29) is 5.69 Å². The molecule has 0 unspecified atom stereocenters. The molecule has 0 fully saturated rings. The van der Waals surface area contributed by atoms with E-state index in [0.717, 1.165) is 30.4 Å². The average molecular weight is 258 g/mol. The summed E-state index contributed by atoms with van der Waals surface area (Å²) < 4.78 is 37.1. The molecule has 0 saturated heterocycles. The van der Waals surface area contributed by atoms with Crippen LogP contribution in [0.5, 0.6) is 0 Å². The van der Waals surface area contributed by atoms with Gasteiger partial charge in [-0.3, -0.25) is 9.59 Å². The highest BCUT2D eigenvalue weighted by Crippen LogP contribution is 2.30. The third-order valence-electron chi connectivity index (χ3n) is 1.86. The third-order valence-corrected chi connectivity index (χ3v) is 1.86. The Morgan fingerprint density at radius 3 is 2.44 bits per heavy atom. The van der Waals surface area contributed by atoms with Gasteiger partial charge in [0.1, 0.15) is 0 Å². The first-order valence-corrected chi connectivity index (χ1v) is 4.75. The van der Waals surface area contributed by atoms with Gasteiger partial charge in [0.25, 0.3) is 0 Å². The second-order valence-electron chi connectivity index (χ2n) is 3.30. The molecule has 0 radical (unpaired) electrons. The third kappa shape index (κ3) is 4.28. The maximum absolute atomic E-state index is 12.4. The molecule has 1 rings (SSSR count). The Kier molecular flexibility index (Phi) is 4.09. The SMILES string of the molecule is NC(=O)C=CC(=O)Nc1cccc(C(F)(F)F)c1. The van der Waals surface area contributed by atoms with Crippen LogP contribution < -0.4 is 11.1 Å². The Balaban J connectivity index is 2.80. The van der Waals surface area contributed by atoms with E-state index >= 15 is 0 Å². The van der Waals surface area contributed by atoms with E-state index in [1.807, 2.05) is 0 Å². The zero-order valence-electron chi connectivity index (χ0n) is 8.99. The van der Waals surface area contributed by atoms with Crippen molar-refractivity contribution in [1.29, 1.82) is 0 Å². The number of primary amides is 1. The first-order valence-electron chi connectivity index (χ1n) is 4.75. The number of anilines is 1. The lowest BCUT2D eigenvalue weighted by Crippen LogP contribution is -2.12. The van der Waals surface area contributed by atoms with Crippen molar-refractivity contribution in [3.63, 3.8) is 0 Å². The van der Waals surface area contributed by atoms with Crippen LogP contribution in [0.3, 0.4) is 0 Å². The van der Waals surface area contributed by atoms with Gasteiger partial charge in [-0.15, -0.1) is 0 Å². The lowest BCUT2D eigenvalue weighted by Gasteiger charge is -2.08. The van der Waals surface area contributed by atoms with Gasteiger partial charge < -0.3 is 11.1 Å². The van der Waals surface area contributed by atoms with E-state index in [9.17, 15) is 22.8 Å². The summed E-state index contributed by atoms with van der Waals surface area (Å²) in [6, 6.07) is 4.13. The highest BCUT2D eigenvalue weighted by molar-refractivity contribution is 6.03. The van der Waals surface area contributed by atoms with Gasteiger partial charge in [-0.25, -0.2) is 0 Å². The number of hydrogen-bond donors (Lipinski definition) is 2. The Morgan fingerprint density at radius 2 is 1.89 bits per heavy atom. The van der Waals surface area contributed by atoms with Crippen LogP contribution in [0.15, 0.2) is 36.4 Å². The molecule has 18 heavy (non-hydrogen) atoms. The van der Waals surface area contributed by atoms with Gasteiger partial charge in [-0.2, -0.15) is 13.2 Å². The van der Waals surface area contributed by atoms with Gasteiger partial charge in [-0.05, 0) is 18.2 Å². The number of nitrogens with one attached hydrogen (secondary N) is 1. The number of carbonyl (C=O) groups excluding carboxylic acids is 2. The number of alkyl halides is 3. The number of nitrogens with two attached hydrogens (primary N) is 1. The lowest BCUT2D eigenvalue weighted by molar-refractivity contribution is -0.137. The highest BCUT2D eigenvalue weighted by Gasteiger charge is 2.30. The number of benzene rings is 1. The van der Waals surface area contributed by atoms with Gasteiger partial charge in [0, 0.05) is 17.8 Å². The van der Waals surface area contributed by atoms with Crippen LogP contribution in [-0.4, -0.2) is 11.8 Å². The first-order chi connectivity index (χ1) is 8.29. The Labute approximate surface area is 100 Å². The van der Waals surface area contributed by atoms with Crippen molar-refractivity contribution in [2.45, 2.75) is 6.18 Å². The van der Waals surface area contributed by atoms with Crippen molar-refractivity contribution in [3.05, 3.63) is 42.0 Å². The van der Waals surface area contributed by atoms with E-state index in [0.29, 0.717) is 0 Å². The molecule has 1 aromatic carbocycles. The van der Waals surface area contributed by atoms with Crippen molar-refractivity contribution < 1.29 is 22.8 Å². The molecule has 3 N–H and O–H groups in total. The van der Waals surface area contributed by atoms with E-state index < -0.39 is 23.6 Å². The van der Waals surface area contributed by atoms with E-state index in [2.05, 4.69) is 5.32 Å². The van der Waals surface area contributed by atoms with Crippen LogP contribution in [-0.2, 0) is 15.8 Å². The molecule has 0 spiro atoms. The predicted octanol–water partition coefficient (Wildman–Crippen LogP) is 1.69. The maximum Gasteiger partial charge on any atom is 0.416 e. The minimum absolute atomic E-state index is 0.0241. The van der Waals surface area contributed by atoms with E-state index in [1.54, 1.807) is 0 Å². The van der Waals surface area contributed by atoms with E-state index in [1.165, 1.54) is 6.07 Å². The maximum atomic E-state index is 12.4. The van der Waals surface area contributed by atoms with Gasteiger partial charge >= 0.3 is 6.18 Å². The molecule has 7 heteroatoms. The van der Waals surface area contributed by atoms with Gasteiger partial charge in [0.2, 0.25) is 11.8 Å². The summed E-state index contributed by atoms with van der Waals surface area (Å²) in [5.41, 5.74) is 3.86. The number of halogens is 3. The topological polar surface area (TPSA) is 72.2 Å². The van der Waals surface area contributed by atoms with Crippen molar-refractivity contribution >= 4 is 17.5 Å². The quantitative estimate of drug-likeness (QED) is 0.810. The standard InChI is InChI=1S/C11H9F3N2O2/c12-11(13,14)7-2-1-3-8(6-7)16-10(18)5-4-9(15)17/h1-6H,(H2,15,17)(H,16,18). The summed E-state index contributed by atoms with van der Waals surface area (Å²) in [7, 11) is 0. The van der Waals surface area contributed by atoms with Crippen molar-refractivity contribution in [2.75, 3.05) is 5.32 Å². The van der Waals surface area contributed by atoms with Crippen molar-refractivity contribution in [2.24, 2.45) is 5.73 Å². The van der Waals surface area contributed by atoms with Crippen LogP contribution in [0, 0.1) is 0 Å². The normalized spacial score (nSPS) is 11.5. The zero-order chi connectivity index (χ0) is 13.8. The van der Waals surface area contributed by atoms with Crippen LogP contribution in [0.2, 0.25) is 0 Å². The molecule has 0 aromatic heterocycles. The predicted molar refractivity (Wildman–Crippen MR) is 58.4 cm³/mol. The van der Waals surface area contributed by atoms with Gasteiger partial charge in [0.15, 0.2) is 0 Å². The number of carbonyl (C=O) groups is 2. The number of rotatable bonds is 3. The Bertz CT molecular complexity index is 495. The fraction of sp³-hybridized carbons (Fsp3) is 0.0909. The number of amides is 2. The molecule has 96 valence electrons. The molecule has 4 nitrogen and oxygen atoms in total. The molecule has 0 aliphatic rings. The summed E-state index contributed by atoms with van der Waals surface area (Å²) >= 11 is 0. The monoisotopic (exact) mass is 258 g/mol. The summed E-state index contributed by atoms with van der Waals surface area (Å²) in [6.07, 6.45) is -2.84. The van der Waals surface area contributed by atoms with Crippen LogP contribution in [0.25, 0.3) is 0 Å². The Morgan fingerprint density at radius 1 is 1.22 bits per heavy atom. The van der Waals surface area contributed by atoms with Gasteiger partial charge in [0.05, 0.1) is 5.56 Å². The average Bonchev–Trinajstić information content (AvgIpc) is 2.25. The minimum Gasteiger partial charge on any atom is -0.366 e. The van der Waals surface area contributed by atoms with Crippen molar-refractivity contribution in [1.82, 2.24) is 0 Å². The second kappa shape index (κ2) is 5.35. The summed E-state index contributed by atoms with van der Waals surface area (Å²) in [4.78, 5) is 21.5. The van der Waals surface area contributed by atoms with Crippen LogP contribution in [0.4, 0.5) is 18.9 Å². The fourth-order valence-electron chi connectivity index (χ4n) is 1.12. The molecule has 1 aromatic rings. The smallest absolute Gasteiger partial charge is 0.366 e. The van der Waals surface area contributed by atoms with E-state index in [4.69, 9.17) is 5.73 Å². The zero-order valence-corrected chi connectivity index (χ0v) is 8.99. The number of hydrogen-bond acceptors (Lipinski definition) is 2. The molecule has 0 aliphatic heterocycles. The molecule has 0 saturated carbocycles.